The zero-order valence-corrected chi connectivity index (χ0v) is 18.8. The number of imidazole rings is 1. The number of nitrogens with one attached hydrogen (secondary N) is 1. The predicted molar refractivity (Wildman–Crippen MR) is 127 cm³/mol. The molecule has 0 aliphatic heterocycles. The van der Waals surface area contributed by atoms with Crippen LogP contribution in [0.3, 0.4) is 0 Å². The molecule has 0 atom stereocenters. The van der Waals surface area contributed by atoms with Crippen LogP contribution in [-0.2, 0) is 17.8 Å². The number of rotatable bonds is 11. The number of hydrogen-bond acceptors (Lipinski definition) is 3. The molecule has 31 heavy (non-hydrogen) atoms. The summed E-state index contributed by atoms with van der Waals surface area (Å²) in [7, 11) is 0. The molecule has 0 bridgehead atoms. The van der Waals surface area contributed by atoms with Crippen molar-refractivity contribution in [2.24, 2.45) is 0 Å². The molecule has 0 unspecified atom stereocenters. The lowest BCUT2D eigenvalue weighted by Crippen LogP contribution is -2.24. The SMILES string of the molecule is C/C=C/C(=O)NCCc1nc2ccccc2n1CCCCOc1ccccc1C(C)C. The van der Waals surface area contributed by atoms with Gasteiger partial charge in [-0.15, -0.1) is 0 Å². The van der Waals surface area contributed by atoms with Crippen molar-refractivity contribution in [1.82, 2.24) is 14.9 Å². The van der Waals surface area contributed by atoms with Crippen molar-refractivity contribution in [2.45, 2.75) is 52.5 Å². The van der Waals surface area contributed by atoms with Crippen LogP contribution in [0.1, 0.15) is 50.9 Å². The fraction of sp³-hybridized carbons (Fsp3) is 0.385. The molecule has 0 saturated heterocycles. The number of unbranched alkanes of at least 4 members (excludes halogenated alkanes) is 1. The van der Waals surface area contributed by atoms with Crippen LogP contribution in [0.15, 0.2) is 60.7 Å². The Labute approximate surface area is 185 Å². The second kappa shape index (κ2) is 11.3. The van der Waals surface area contributed by atoms with Gasteiger partial charge in [-0.3, -0.25) is 4.79 Å². The first-order valence-electron chi connectivity index (χ1n) is 11.2. The number of aryl methyl sites for hydroxylation is 1. The van der Waals surface area contributed by atoms with E-state index in [1.54, 1.807) is 12.2 Å². The van der Waals surface area contributed by atoms with Crippen molar-refractivity contribution < 1.29 is 9.53 Å². The molecular formula is C26H33N3O2. The highest BCUT2D eigenvalue weighted by Gasteiger charge is 2.11. The van der Waals surface area contributed by atoms with E-state index in [0.29, 0.717) is 25.5 Å². The second-order valence-corrected chi connectivity index (χ2v) is 7.96. The quantitative estimate of drug-likeness (QED) is 0.341. The first-order chi connectivity index (χ1) is 15.1. The molecule has 0 fully saturated rings. The van der Waals surface area contributed by atoms with E-state index in [9.17, 15) is 4.79 Å². The molecule has 164 valence electrons. The minimum Gasteiger partial charge on any atom is -0.493 e. The number of allylic oxidation sites excluding steroid dienone is 1. The average Bonchev–Trinajstić information content (AvgIpc) is 3.11. The van der Waals surface area contributed by atoms with E-state index in [1.165, 1.54) is 5.56 Å². The number of carbonyl (C=O) groups is 1. The molecule has 3 rings (SSSR count). The third kappa shape index (κ3) is 6.20. The van der Waals surface area contributed by atoms with Crippen LogP contribution in [0.25, 0.3) is 11.0 Å². The summed E-state index contributed by atoms with van der Waals surface area (Å²) in [6.45, 7) is 8.37. The van der Waals surface area contributed by atoms with Gasteiger partial charge in [0.15, 0.2) is 0 Å². The maximum atomic E-state index is 11.7. The van der Waals surface area contributed by atoms with Crippen LogP contribution in [0.4, 0.5) is 0 Å². The summed E-state index contributed by atoms with van der Waals surface area (Å²) in [5.74, 6) is 2.38. The van der Waals surface area contributed by atoms with E-state index in [0.717, 1.165) is 42.0 Å². The van der Waals surface area contributed by atoms with Crippen molar-refractivity contribution >= 4 is 16.9 Å². The standard InChI is InChI=1S/C26H33N3O2/c1-4-11-26(30)27-17-16-25-28-22-13-6-7-14-23(22)29(25)18-9-10-19-31-24-15-8-5-12-21(24)20(2)3/h4-8,11-15,20H,9-10,16-19H2,1-3H3,(H,27,30)/b11-4+. The molecule has 5 nitrogen and oxygen atoms in total. The van der Waals surface area contributed by atoms with E-state index < -0.39 is 0 Å². The summed E-state index contributed by atoms with van der Waals surface area (Å²) in [5.41, 5.74) is 3.40. The maximum Gasteiger partial charge on any atom is 0.243 e. The van der Waals surface area contributed by atoms with Gasteiger partial charge >= 0.3 is 0 Å². The Bertz CT molecular complexity index is 1020. The lowest BCUT2D eigenvalue weighted by molar-refractivity contribution is -0.116. The lowest BCUT2D eigenvalue weighted by Gasteiger charge is -2.14. The Hall–Kier alpha value is -3.08. The number of fused-ring (bicyclic) bond motifs is 1. The number of nitrogens with zero attached hydrogens (tertiary/aromatic N) is 2. The minimum atomic E-state index is -0.0658. The molecular weight excluding hydrogens is 386 g/mol. The van der Waals surface area contributed by atoms with Crippen molar-refractivity contribution in [3.63, 3.8) is 0 Å². The van der Waals surface area contributed by atoms with E-state index >= 15 is 0 Å². The van der Waals surface area contributed by atoms with E-state index in [-0.39, 0.29) is 5.91 Å². The molecule has 0 saturated carbocycles. The number of amides is 1. The van der Waals surface area contributed by atoms with Crippen molar-refractivity contribution in [3.05, 3.63) is 72.1 Å². The smallest absolute Gasteiger partial charge is 0.243 e. The fourth-order valence-electron chi connectivity index (χ4n) is 3.72. The average molecular weight is 420 g/mol. The molecule has 1 aromatic heterocycles. The maximum absolute atomic E-state index is 11.7. The van der Waals surface area contributed by atoms with Gasteiger partial charge < -0.3 is 14.6 Å². The van der Waals surface area contributed by atoms with Gasteiger partial charge in [0.1, 0.15) is 11.6 Å². The molecule has 0 aliphatic carbocycles. The lowest BCUT2D eigenvalue weighted by atomic mass is 10.0. The third-order valence-electron chi connectivity index (χ3n) is 5.27. The van der Waals surface area contributed by atoms with Gasteiger partial charge in [0, 0.05) is 19.5 Å². The number of para-hydroxylation sites is 3. The number of hydrogen-bond donors (Lipinski definition) is 1. The Morgan fingerprint density at radius 3 is 2.71 bits per heavy atom. The van der Waals surface area contributed by atoms with Crippen LogP contribution >= 0.6 is 0 Å². The van der Waals surface area contributed by atoms with E-state index in [4.69, 9.17) is 9.72 Å². The summed E-state index contributed by atoms with van der Waals surface area (Å²) in [6, 6.07) is 16.5. The summed E-state index contributed by atoms with van der Waals surface area (Å²) in [6.07, 6.45) is 5.96. The normalized spacial score (nSPS) is 11.5. The summed E-state index contributed by atoms with van der Waals surface area (Å²) in [4.78, 5) is 16.5. The van der Waals surface area contributed by atoms with Crippen molar-refractivity contribution in [1.29, 1.82) is 0 Å². The molecule has 0 spiro atoms. The highest BCUT2D eigenvalue weighted by atomic mass is 16.5. The molecule has 1 N–H and O–H groups in total. The number of aromatic nitrogens is 2. The Morgan fingerprint density at radius 2 is 1.90 bits per heavy atom. The summed E-state index contributed by atoms with van der Waals surface area (Å²) >= 11 is 0. The topological polar surface area (TPSA) is 56.2 Å². The first-order valence-corrected chi connectivity index (χ1v) is 11.2. The molecule has 3 aromatic rings. The van der Waals surface area contributed by atoms with Crippen LogP contribution in [0.5, 0.6) is 5.75 Å². The van der Waals surface area contributed by atoms with Gasteiger partial charge in [-0.05, 0) is 55.5 Å². The molecule has 5 heteroatoms. The number of benzene rings is 2. The van der Waals surface area contributed by atoms with Gasteiger partial charge in [0.05, 0.1) is 17.6 Å². The molecule has 0 radical (unpaired) electrons. The van der Waals surface area contributed by atoms with Crippen molar-refractivity contribution in [2.75, 3.05) is 13.2 Å². The van der Waals surface area contributed by atoms with Gasteiger partial charge in [-0.1, -0.05) is 50.3 Å². The zero-order chi connectivity index (χ0) is 22.1. The number of carbonyl (C=O) groups excluding carboxylic acids is 1. The van der Waals surface area contributed by atoms with Crippen LogP contribution in [-0.4, -0.2) is 28.6 Å². The van der Waals surface area contributed by atoms with Crippen LogP contribution < -0.4 is 10.1 Å². The van der Waals surface area contributed by atoms with Gasteiger partial charge in [0.25, 0.3) is 0 Å². The first kappa shape index (κ1) is 22.6. The van der Waals surface area contributed by atoms with E-state index in [1.807, 2.05) is 31.2 Å². The zero-order valence-electron chi connectivity index (χ0n) is 18.8. The second-order valence-electron chi connectivity index (χ2n) is 7.96. The fourth-order valence-corrected chi connectivity index (χ4v) is 3.72. The highest BCUT2D eigenvalue weighted by Crippen LogP contribution is 2.26. The van der Waals surface area contributed by atoms with Gasteiger partial charge in [-0.25, -0.2) is 4.98 Å². The van der Waals surface area contributed by atoms with Gasteiger partial charge in [-0.2, -0.15) is 0 Å². The Kier molecular flexibility index (Phi) is 8.27. The van der Waals surface area contributed by atoms with Crippen LogP contribution in [0.2, 0.25) is 0 Å². The van der Waals surface area contributed by atoms with Crippen molar-refractivity contribution in [3.8, 4) is 5.75 Å². The Balaban J connectivity index is 1.57. The highest BCUT2D eigenvalue weighted by molar-refractivity contribution is 5.87. The molecule has 2 aromatic carbocycles. The van der Waals surface area contributed by atoms with Gasteiger partial charge in [0.2, 0.25) is 5.91 Å². The summed E-state index contributed by atoms with van der Waals surface area (Å²) < 4.78 is 8.35. The summed E-state index contributed by atoms with van der Waals surface area (Å²) in [5, 5.41) is 2.91. The molecule has 1 heterocycles. The third-order valence-corrected chi connectivity index (χ3v) is 5.27. The predicted octanol–water partition coefficient (Wildman–Crippen LogP) is 5.25. The monoisotopic (exact) mass is 419 g/mol. The van der Waals surface area contributed by atoms with E-state index in [2.05, 4.69) is 48.0 Å². The molecule has 1 amide bonds. The van der Waals surface area contributed by atoms with Crippen LogP contribution in [0, 0.1) is 0 Å². The molecule has 0 aliphatic rings. The number of ether oxygens (including phenoxy) is 1. The Morgan fingerprint density at radius 1 is 1.13 bits per heavy atom. The largest absolute Gasteiger partial charge is 0.493 e. The minimum absolute atomic E-state index is 0.0658.